The minimum atomic E-state index is 0.880. The minimum Gasteiger partial charge on any atom is -0.378 e. The molecule has 2 rings (SSSR count). The zero-order valence-electron chi connectivity index (χ0n) is 15.4. The third-order valence-corrected chi connectivity index (χ3v) is 4.07. The molecule has 0 aliphatic rings. The lowest BCUT2D eigenvalue weighted by atomic mass is 10.3. The number of aryl methyl sites for hydroxylation is 2. The van der Waals surface area contributed by atoms with Crippen LogP contribution in [0.1, 0.15) is 39.5 Å². The Balaban J connectivity index is 2.19. The molecule has 0 unspecified atom stereocenters. The van der Waals surface area contributed by atoms with E-state index in [1.54, 1.807) is 0 Å². The predicted molar refractivity (Wildman–Crippen MR) is 99.4 cm³/mol. The van der Waals surface area contributed by atoms with Crippen molar-refractivity contribution in [1.82, 2.24) is 4.57 Å². The normalized spacial score (nSPS) is 11.3. The predicted octanol–water partition coefficient (Wildman–Crippen LogP) is 4.86. The van der Waals surface area contributed by atoms with Crippen molar-refractivity contribution in [1.29, 1.82) is 0 Å². The number of hydrogen-bond donors (Lipinski definition) is 0. The number of azo groups is 1. The van der Waals surface area contributed by atoms with Crippen LogP contribution in [-0.2, 0) is 13.1 Å². The first-order valence-electron chi connectivity index (χ1n) is 8.93. The summed E-state index contributed by atoms with van der Waals surface area (Å²) in [7, 11) is 4.07. The summed E-state index contributed by atoms with van der Waals surface area (Å²) in [6, 6.07) is 8.15. The van der Waals surface area contributed by atoms with E-state index in [0.29, 0.717) is 0 Å². The van der Waals surface area contributed by atoms with E-state index in [-0.39, 0.29) is 0 Å². The maximum absolute atomic E-state index is 4.55. The van der Waals surface area contributed by atoms with Gasteiger partial charge in [0, 0.05) is 24.9 Å². The van der Waals surface area contributed by atoms with Crippen molar-refractivity contribution in [2.75, 3.05) is 19.0 Å². The van der Waals surface area contributed by atoms with Crippen LogP contribution in [0.2, 0.25) is 0 Å². The van der Waals surface area contributed by atoms with E-state index in [2.05, 4.69) is 62.6 Å². The van der Waals surface area contributed by atoms with Gasteiger partial charge >= 0.3 is 5.95 Å². The molecule has 0 fully saturated rings. The number of aromatic nitrogens is 2. The summed E-state index contributed by atoms with van der Waals surface area (Å²) in [6.45, 7) is 6.40. The molecule has 0 spiro atoms. The maximum Gasteiger partial charge on any atom is 0.421 e. The molecule has 130 valence electrons. The van der Waals surface area contributed by atoms with E-state index in [4.69, 9.17) is 0 Å². The highest BCUT2D eigenvalue weighted by Crippen LogP contribution is 2.20. The van der Waals surface area contributed by atoms with Crippen molar-refractivity contribution >= 4 is 17.3 Å². The third kappa shape index (κ3) is 4.91. The fourth-order valence-corrected chi connectivity index (χ4v) is 2.50. The SMILES string of the molecule is CCCCn1cc[n+](CCCC)c1N=Nc1ccc(N(C)C)cc1. The van der Waals surface area contributed by atoms with Crippen LogP contribution < -0.4 is 9.47 Å². The van der Waals surface area contributed by atoms with Gasteiger partial charge in [0.25, 0.3) is 0 Å². The molecule has 0 bridgehead atoms. The lowest BCUT2D eigenvalue weighted by Crippen LogP contribution is -2.32. The molecular formula is C19H30N5+. The van der Waals surface area contributed by atoms with E-state index >= 15 is 0 Å². The van der Waals surface area contributed by atoms with Gasteiger partial charge < -0.3 is 4.90 Å². The van der Waals surface area contributed by atoms with Crippen molar-refractivity contribution in [3.05, 3.63) is 36.7 Å². The van der Waals surface area contributed by atoms with E-state index in [1.165, 1.54) is 18.5 Å². The van der Waals surface area contributed by atoms with Gasteiger partial charge in [0.15, 0.2) is 0 Å². The van der Waals surface area contributed by atoms with Crippen LogP contribution >= 0.6 is 0 Å². The van der Waals surface area contributed by atoms with Crippen molar-refractivity contribution in [2.24, 2.45) is 10.2 Å². The molecule has 1 aromatic carbocycles. The average molecular weight is 328 g/mol. The van der Waals surface area contributed by atoms with Crippen molar-refractivity contribution in [3.63, 3.8) is 0 Å². The monoisotopic (exact) mass is 328 g/mol. The Kier molecular flexibility index (Phi) is 6.97. The van der Waals surface area contributed by atoms with E-state index in [1.807, 2.05) is 26.2 Å². The lowest BCUT2D eigenvalue weighted by molar-refractivity contribution is -0.684. The topological polar surface area (TPSA) is 36.8 Å². The number of rotatable bonds is 9. The number of anilines is 1. The third-order valence-electron chi connectivity index (χ3n) is 4.07. The van der Waals surface area contributed by atoms with Gasteiger partial charge in [-0.1, -0.05) is 31.8 Å². The summed E-state index contributed by atoms with van der Waals surface area (Å²) < 4.78 is 4.41. The summed E-state index contributed by atoms with van der Waals surface area (Å²) in [6.07, 6.45) is 8.90. The van der Waals surface area contributed by atoms with Gasteiger partial charge in [0.2, 0.25) is 0 Å². The first-order chi connectivity index (χ1) is 11.7. The second-order valence-electron chi connectivity index (χ2n) is 6.30. The molecule has 0 atom stereocenters. The number of benzene rings is 1. The van der Waals surface area contributed by atoms with Crippen LogP contribution in [0, 0.1) is 0 Å². The van der Waals surface area contributed by atoms with Gasteiger partial charge in [-0.25, -0.2) is 9.13 Å². The van der Waals surface area contributed by atoms with Crippen molar-refractivity contribution < 1.29 is 4.57 Å². The molecule has 24 heavy (non-hydrogen) atoms. The Morgan fingerprint density at radius 3 is 2.33 bits per heavy atom. The standard InChI is InChI=1S/C19H30N5/c1-5-7-13-23-15-16-24(14-8-6-2)19(23)21-20-17-9-11-18(12-10-17)22(3)4/h9-12,15-16H,5-8,13-14H2,1-4H3/q+1. The molecule has 1 heterocycles. The Bertz CT molecular complexity index is 615. The first-order valence-corrected chi connectivity index (χ1v) is 8.93. The highest BCUT2D eigenvalue weighted by atomic mass is 15.3. The Morgan fingerprint density at radius 2 is 1.71 bits per heavy atom. The Labute approximate surface area is 145 Å². The van der Waals surface area contributed by atoms with Crippen LogP contribution in [0.15, 0.2) is 46.9 Å². The highest BCUT2D eigenvalue weighted by molar-refractivity contribution is 5.51. The van der Waals surface area contributed by atoms with Crippen molar-refractivity contribution in [2.45, 2.75) is 52.6 Å². The maximum atomic E-state index is 4.55. The number of unbranched alkanes of at least 4 members (excludes halogenated alkanes) is 2. The molecule has 5 nitrogen and oxygen atoms in total. The van der Waals surface area contributed by atoms with E-state index < -0.39 is 0 Å². The quantitative estimate of drug-likeness (QED) is 0.478. The number of hydrogen-bond acceptors (Lipinski definition) is 3. The molecule has 0 aliphatic heterocycles. The molecule has 0 saturated carbocycles. The largest absolute Gasteiger partial charge is 0.421 e. The Morgan fingerprint density at radius 1 is 1.00 bits per heavy atom. The van der Waals surface area contributed by atoms with Crippen molar-refractivity contribution in [3.8, 4) is 0 Å². The summed E-state index contributed by atoms with van der Waals surface area (Å²) in [5, 5.41) is 9.01. The molecule has 0 aliphatic carbocycles. The summed E-state index contributed by atoms with van der Waals surface area (Å²) >= 11 is 0. The molecule has 0 amide bonds. The van der Waals surface area contributed by atoms with Crippen LogP contribution in [0.25, 0.3) is 0 Å². The number of nitrogens with zero attached hydrogens (tertiary/aromatic N) is 5. The van der Waals surface area contributed by atoms with Gasteiger partial charge in [-0.05, 0) is 37.1 Å². The molecule has 2 aromatic rings. The zero-order chi connectivity index (χ0) is 17.4. The molecular weight excluding hydrogens is 298 g/mol. The molecule has 0 N–H and O–H groups in total. The highest BCUT2D eigenvalue weighted by Gasteiger charge is 2.16. The van der Waals surface area contributed by atoms with E-state index in [9.17, 15) is 0 Å². The second kappa shape index (κ2) is 9.21. The van der Waals surface area contributed by atoms with Gasteiger partial charge in [-0.15, -0.1) is 0 Å². The van der Waals surface area contributed by atoms with Crippen LogP contribution in [0.4, 0.5) is 17.3 Å². The fourth-order valence-electron chi connectivity index (χ4n) is 2.50. The summed E-state index contributed by atoms with van der Waals surface area (Å²) in [4.78, 5) is 2.08. The molecule has 5 heteroatoms. The minimum absolute atomic E-state index is 0.880. The van der Waals surface area contributed by atoms with E-state index in [0.717, 1.165) is 37.6 Å². The van der Waals surface area contributed by atoms with Gasteiger partial charge in [-0.3, -0.25) is 0 Å². The summed E-state index contributed by atoms with van der Waals surface area (Å²) in [5.41, 5.74) is 2.05. The van der Waals surface area contributed by atoms with Crippen LogP contribution in [0.5, 0.6) is 0 Å². The molecule has 0 radical (unpaired) electrons. The lowest BCUT2D eigenvalue weighted by Gasteiger charge is -2.11. The Hall–Kier alpha value is -2.17. The van der Waals surface area contributed by atoms with Crippen LogP contribution in [0.3, 0.4) is 0 Å². The number of imidazole rings is 1. The fraction of sp³-hybridized carbons (Fsp3) is 0.526. The summed E-state index contributed by atoms with van der Waals surface area (Å²) in [5.74, 6) is 0.939. The zero-order valence-corrected chi connectivity index (χ0v) is 15.4. The van der Waals surface area contributed by atoms with Gasteiger partial charge in [-0.2, -0.15) is 0 Å². The molecule has 0 saturated heterocycles. The smallest absolute Gasteiger partial charge is 0.378 e. The second-order valence-corrected chi connectivity index (χ2v) is 6.30. The first kappa shape index (κ1) is 18.2. The van der Waals surface area contributed by atoms with Gasteiger partial charge in [0.1, 0.15) is 5.69 Å². The van der Waals surface area contributed by atoms with Gasteiger partial charge in [0.05, 0.1) is 25.5 Å². The average Bonchev–Trinajstić information content (AvgIpc) is 2.98. The van der Waals surface area contributed by atoms with Crippen LogP contribution in [-0.4, -0.2) is 18.7 Å². The molecule has 1 aromatic heterocycles.